The molecule has 11 heteroatoms. The quantitative estimate of drug-likeness (QED) is 0.210. The maximum atomic E-state index is 13.4. The van der Waals surface area contributed by atoms with Gasteiger partial charge in [-0.05, 0) is 101 Å². The summed E-state index contributed by atoms with van der Waals surface area (Å²) in [7, 11) is -2.51. The van der Waals surface area contributed by atoms with E-state index in [9.17, 15) is 18.0 Å². The van der Waals surface area contributed by atoms with E-state index in [1.807, 2.05) is 6.92 Å². The van der Waals surface area contributed by atoms with Crippen LogP contribution in [0.1, 0.15) is 72.9 Å². The molecule has 1 aliphatic heterocycles. The predicted octanol–water partition coefficient (Wildman–Crippen LogP) is 4.15. The zero-order valence-electron chi connectivity index (χ0n) is 26.5. The average Bonchev–Trinajstić information content (AvgIpc) is 2.99. The van der Waals surface area contributed by atoms with Gasteiger partial charge in [0.1, 0.15) is 11.9 Å². The molecule has 1 aliphatic carbocycles. The first-order valence-electron chi connectivity index (χ1n) is 15.8. The molecule has 4 rings (SSSR count). The van der Waals surface area contributed by atoms with Gasteiger partial charge < -0.3 is 20.1 Å². The Morgan fingerprint density at radius 3 is 2.50 bits per heavy atom. The third kappa shape index (κ3) is 9.25. The van der Waals surface area contributed by atoms with Gasteiger partial charge in [0.25, 0.3) is 0 Å². The second-order valence-electron chi connectivity index (χ2n) is 12.3. The Morgan fingerprint density at radius 2 is 1.80 bits per heavy atom. The molecular weight excluding hydrogens is 580 g/mol. The van der Waals surface area contributed by atoms with E-state index in [0.29, 0.717) is 30.1 Å². The molecule has 2 heterocycles. The van der Waals surface area contributed by atoms with Crippen molar-refractivity contribution < 1.29 is 27.5 Å². The number of amides is 1. The van der Waals surface area contributed by atoms with Gasteiger partial charge in [0.05, 0.1) is 11.5 Å². The second-order valence-corrected chi connectivity index (χ2v) is 13.9. The van der Waals surface area contributed by atoms with Crippen LogP contribution in [0.4, 0.5) is 5.82 Å². The number of benzene rings is 1. The number of hydrogen-bond donors (Lipinski definition) is 3. The number of nitrogens with zero attached hydrogens (tertiary/aromatic N) is 1. The molecule has 1 fully saturated rings. The van der Waals surface area contributed by atoms with Crippen molar-refractivity contribution in [1.82, 2.24) is 15.0 Å². The van der Waals surface area contributed by atoms with E-state index in [4.69, 9.17) is 14.5 Å². The average molecular weight is 629 g/mol. The van der Waals surface area contributed by atoms with Gasteiger partial charge in [0.2, 0.25) is 15.9 Å². The van der Waals surface area contributed by atoms with E-state index >= 15 is 0 Å². The summed E-state index contributed by atoms with van der Waals surface area (Å²) in [6.45, 7) is 6.63. The normalized spacial score (nSPS) is 19.0. The molecule has 2 aromatic rings. The molecule has 1 aromatic heterocycles. The van der Waals surface area contributed by atoms with Gasteiger partial charge in [-0.3, -0.25) is 9.59 Å². The highest BCUT2D eigenvalue weighted by Gasteiger charge is 2.31. The summed E-state index contributed by atoms with van der Waals surface area (Å²) in [5.41, 5.74) is 4.52. The second kappa shape index (κ2) is 15.8. The highest BCUT2D eigenvalue weighted by Crippen LogP contribution is 2.32. The predicted molar refractivity (Wildman–Crippen MR) is 170 cm³/mol. The van der Waals surface area contributed by atoms with Crippen molar-refractivity contribution in [2.75, 3.05) is 38.7 Å². The SMILES string of the molecule is COCCCOC(=O)[C@H](CNC(=O)C1CCC(CCc2ccc3c(n2)NCCC3)CC1)NS(=O)(=O)c1c(C)cc(C)cc1C. The molecule has 10 nitrogen and oxygen atoms in total. The summed E-state index contributed by atoms with van der Waals surface area (Å²) in [5.74, 6) is 0.492. The Morgan fingerprint density at radius 1 is 1.07 bits per heavy atom. The number of fused-ring (bicyclic) bond motifs is 1. The molecular formula is C33H48N4O6S. The van der Waals surface area contributed by atoms with E-state index < -0.39 is 22.0 Å². The largest absolute Gasteiger partial charge is 0.464 e. The van der Waals surface area contributed by atoms with Crippen molar-refractivity contribution in [3.63, 3.8) is 0 Å². The van der Waals surface area contributed by atoms with Crippen LogP contribution in [0.5, 0.6) is 0 Å². The zero-order valence-corrected chi connectivity index (χ0v) is 27.4. The summed E-state index contributed by atoms with van der Waals surface area (Å²) in [6, 6.07) is 6.65. The Balaban J connectivity index is 1.31. The molecule has 1 amide bonds. The number of aryl methyl sites for hydroxylation is 5. The Labute approximate surface area is 262 Å². The maximum absolute atomic E-state index is 13.4. The monoisotopic (exact) mass is 628 g/mol. The highest BCUT2D eigenvalue weighted by molar-refractivity contribution is 7.89. The summed E-state index contributed by atoms with van der Waals surface area (Å²) in [4.78, 5) is 31.1. The van der Waals surface area contributed by atoms with Gasteiger partial charge in [0, 0.05) is 44.8 Å². The Kier molecular flexibility index (Phi) is 12.2. The number of rotatable bonds is 14. The van der Waals surface area contributed by atoms with Gasteiger partial charge in [-0.2, -0.15) is 4.72 Å². The molecule has 44 heavy (non-hydrogen) atoms. The van der Waals surface area contributed by atoms with Crippen molar-refractivity contribution in [2.24, 2.45) is 11.8 Å². The minimum atomic E-state index is -4.07. The topological polar surface area (TPSA) is 136 Å². The van der Waals surface area contributed by atoms with Crippen LogP contribution in [-0.2, 0) is 41.9 Å². The van der Waals surface area contributed by atoms with Crippen LogP contribution in [0.15, 0.2) is 29.2 Å². The number of carbonyl (C=O) groups excluding carboxylic acids is 2. The molecule has 0 spiro atoms. The molecule has 242 valence electrons. The first kappa shape index (κ1) is 33.9. The molecule has 0 unspecified atom stereocenters. The fourth-order valence-electron chi connectivity index (χ4n) is 6.41. The number of hydrogen-bond acceptors (Lipinski definition) is 8. The molecule has 0 bridgehead atoms. The van der Waals surface area contributed by atoms with Gasteiger partial charge in [0.15, 0.2) is 0 Å². The highest BCUT2D eigenvalue weighted by atomic mass is 32.2. The lowest BCUT2D eigenvalue weighted by Gasteiger charge is -2.28. The standard InChI is InChI=1S/C33H48N4O6S/c1-22-19-23(2)30(24(3)20-22)44(40,41)37-29(33(39)43-18-6-17-42-4)21-35-32(38)27-11-8-25(9-12-27)10-14-28-15-13-26-7-5-16-34-31(26)36-28/h13,15,19-20,25,27,29,37H,5-12,14,16-18,21H2,1-4H3,(H,34,36)(H,35,38)/t25?,27?,29-/m0/s1. The van der Waals surface area contributed by atoms with Crippen LogP contribution in [0.2, 0.25) is 0 Å². The van der Waals surface area contributed by atoms with Crippen LogP contribution in [-0.4, -0.2) is 64.7 Å². The van der Waals surface area contributed by atoms with Crippen LogP contribution in [0, 0.1) is 32.6 Å². The van der Waals surface area contributed by atoms with Crippen molar-refractivity contribution in [2.45, 2.75) is 89.5 Å². The lowest BCUT2D eigenvalue weighted by atomic mass is 9.79. The van der Waals surface area contributed by atoms with Gasteiger partial charge in [-0.25, -0.2) is 13.4 Å². The lowest BCUT2D eigenvalue weighted by molar-refractivity contribution is -0.146. The first-order valence-corrected chi connectivity index (χ1v) is 17.3. The molecule has 2 aliphatic rings. The molecule has 1 saturated carbocycles. The number of anilines is 1. The minimum absolute atomic E-state index is 0.0862. The zero-order chi connectivity index (χ0) is 31.7. The Hall–Kier alpha value is -3.02. The molecule has 1 aromatic carbocycles. The summed E-state index contributed by atoms with van der Waals surface area (Å²) in [5, 5.41) is 6.24. The van der Waals surface area contributed by atoms with Crippen LogP contribution < -0.4 is 15.4 Å². The third-order valence-electron chi connectivity index (χ3n) is 8.65. The number of aromatic nitrogens is 1. The summed E-state index contributed by atoms with van der Waals surface area (Å²) in [6.07, 6.45) is 8.08. The number of ether oxygens (including phenoxy) is 2. The minimum Gasteiger partial charge on any atom is -0.464 e. The van der Waals surface area contributed by atoms with Crippen LogP contribution in [0.3, 0.4) is 0 Å². The van der Waals surface area contributed by atoms with E-state index in [0.717, 1.165) is 75.0 Å². The number of carbonyl (C=O) groups is 2. The first-order chi connectivity index (χ1) is 21.1. The molecule has 1 atom stereocenters. The molecule has 0 radical (unpaired) electrons. The van der Waals surface area contributed by atoms with E-state index in [2.05, 4.69) is 27.5 Å². The summed E-state index contributed by atoms with van der Waals surface area (Å²) < 4.78 is 39.7. The van der Waals surface area contributed by atoms with Gasteiger partial charge in [-0.1, -0.05) is 23.8 Å². The van der Waals surface area contributed by atoms with Crippen molar-refractivity contribution in [1.29, 1.82) is 0 Å². The third-order valence-corrected chi connectivity index (χ3v) is 10.4. The number of methoxy groups -OCH3 is 1. The van der Waals surface area contributed by atoms with Gasteiger partial charge in [-0.15, -0.1) is 0 Å². The van der Waals surface area contributed by atoms with Crippen LogP contribution >= 0.6 is 0 Å². The molecule has 0 saturated heterocycles. The van der Waals surface area contributed by atoms with Crippen molar-refractivity contribution in [3.8, 4) is 0 Å². The molecule has 3 N–H and O–H groups in total. The van der Waals surface area contributed by atoms with E-state index in [1.165, 1.54) is 5.56 Å². The van der Waals surface area contributed by atoms with E-state index in [1.54, 1.807) is 33.1 Å². The maximum Gasteiger partial charge on any atom is 0.326 e. The number of nitrogens with one attached hydrogen (secondary N) is 3. The fourth-order valence-corrected chi connectivity index (χ4v) is 8.04. The smallest absolute Gasteiger partial charge is 0.326 e. The van der Waals surface area contributed by atoms with E-state index in [-0.39, 0.29) is 29.9 Å². The number of esters is 1. The Bertz CT molecular complexity index is 1380. The number of sulfonamides is 1. The van der Waals surface area contributed by atoms with Crippen molar-refractivity contribution in [3.05, 3.63) is 52.2 Å². The fraction of sp³-hybridized carbons (Fsp3) is 0.606. The summed E-state index contributed by atoms with van der Waals surface area (Å²) >= 11 is 0. The number of pyridine rings is 1. The van der Waals surface area contributed by atoms with Crippen LogP contribution in [0.25, 0.3) is 0 Å². The van der Waals surface area contributed by atoms with Crippen molar-refractivity contribution >= 4 is 27.7 Å². The lowest BCUT2D eigenvalue weighted by Crippen LogP contribution is -2.50. The van der Waals surface area contributed by atoms with Gasteiger partial charge >= 0.3 is 5.97 Å².